The number of hydrogen-bond donors (Lipinski definition) is 1. The average molecular weight is 508 g/mol. The Morgan fingerprint density at radius 3 is 2.61 bits per heavy atom. The van der Waals surface area contributed by atoms with E-state index in [4.69, 9.17) is 9.47 Å². The van der Waals surface area contributed by atoms with Gasteiger partial charge in [0.25, 0.3) is 0 Å². The van der Waals surface area contributed by atoms with Crippen LogP contribution in [0, 0.1) is 11.7 Å². The molecule has 28 heavy (non-hydrogen) atoms. The highest BCUT2D eigenvalue weighted by atomic mass is 127. The number of likely N-dealkylation sites (tertiary alicyclic amines) is 1. The number of guanidine groups is 1. The Balaban J connectivity index is 0.00000392. The summed E-state index contributed by atoms with van der Waals surface area (Å²) in [5, 5.41) is 3.47. The topological polar surface area (TPSA) is 49.3 Å². The van der Waals surface area contributed by atoms with Crippen molar-refractivity contribution in [1.29, 1.82) is 0 Å². The molecule has 1 aromatic rings. The van der Waals surface area contributed by atoms with E-state index < -0.39 is 0 Å². The van der Waals surface area contributed by atoms with E-state index in [1.807, 2.05) is 18.0 Å². The van der Waals surface area contributed by atoms with Crippen LogP contribution in [0.2, 0.25) is 0 Å². The highest BCUT2D eigenvalue weighted by Crippen LogP contribution is 2.19. The Labute approximate surface area is 185 Å². The Morgan fingerprint density at radius 1 is 1.32 bits per heavy atom. The first-order chi connectivity index (χ1) is 13.1. The molecule has 0 aliphatic carbocycles. The number of benzene rings is 1. The first-order valence-electron chi connectivity index (χ1n) is 9.52. The summed E-state index contributed by atoms with van der Waals surface area (Å²) in [6.07, 6.45) is 2.36. The minimum atomic E-state index is -0.341. The SMILES string of the molecule is CN=C(NCC1CCN(CCOC)CC1)N(C)Cc1ccc(OC)c(F)c1.I. The van der Waals surface area contributed by atoms with Gasteiger partial charge in [-0.2, -0.15) is 0 Å². The molecule has 2 rings (SSSR count). The number of ether oxygens (including phenoxy) is 2. The molecule has 1 aliphatic rings. The van der Waals surface area contributed by atoms with E-state index in [1.54, 1.807) is 20.2 Å². The van der Waals surface area contributed by atoms with E-state index >= 15 is 0 Å². The quantitative estimate of drug-likeness (QED) is 0.333. The fourth-order valence-corrected chi connectivity index (χ4v) is 3.41. The molecule has 1 fully saturated rings. The van der Waals surface area contributed by atoms with Crippen LogP contribution in [-0.2, 0) is 11.3 Å². The van der Waals surface area contributed by atoms with Gasteiger partial charge in [-0.05, 0) is 49.5 Å². The fourth-order valence-electron chi connectivity index (χ4n) is 3.41. The maximum absolute atomic E-state index is 13.9. The Hall–Kier alpha value is -1.13. The molecule has 0 atom stereocenters. The number of hydrogen-bond acceptors (Lipinski definition) is 4. The van der Waals surface area contributed by atoms with Gasteiger partial charge < -0.3 is 24.6 Å². The minimum Gasteiger partial charge on any atom is -0.494 e. The molecule has 0 spiro atoms. The highest BCUT2D eigenvalue weighted by Gasteiger charge is 2.19. The van der Waals surface area contributed by atoms with Crippen molar-refractivity contribution in [3.05, 3.63) is 29.6 Å². The van der Waals surface area contributed by atoms with Crippen LogP contribution in [-0.4, -0.2) is 76.9 Å². The van der Waals surface area contributed by atoms with Gasteiger partial charge in [0, 0.05) is 40.8 Å². The van der Waals surface area contributed by atoms with Gasteiger partial charge in [-0.3, -0.25) is 4.99 Å². The zero-order valence-electron chi connectivity index (χ0n) is 17.4. The molecule has 0 aromatic heterocycles. The predicted molar refractivity (Wildman–Crippen MR) is 122 cm³/mol. The molecule has 1 N–H and O–H groups in total. The fraction of sp³-hybridized carbons (Fsp3) is 0.650. The van der Waals surface area contributed by atoms with Crippen LogP contribution < -0.4 is 10.1 Å². The van der Waals surface area contributed by atoms with Gasteiger partial charge in [0.1, 0.15) is 0 Å². The summed E-state index contributed by atoms with van der Waals surface area (Å²) in [6.45, 7) is 5.54. The second kappa shape index (κ2) is 13.2. The summed E-state index contributed by atoms with van der Waals surface area (Å²) >= 11 is 0. The summed E-state index contributed by atoms with van der Waals surface area (Å²) in [4.78, 5) is 8.83. The molecule has 1 heterocycles. The van der Waals surface area contributed by atoms with E-state index in [2.05, 4.69) is 15.2 Å². The van der Waals surface area contributed by atoms with Crippen LogP contribution in [0.5, 0.6) is 5.75 Å². The lowest BCUT2D eigenvalue weighted by Crippen LogP contribution is -2.43. The molecule has 0 unspecified atom stereocenters. The van der Waals surface area contributed by atoms with Gasteiger partial charge in [-0.1, -0.05) is 6.07 Å². The van der Waals surface area contributed by atoms with Gasteiger partial charge in [0.2, 0.25) is 0 Å². The first-order valence-corrected chi connectivity index (χ1v) is 9.52. The Bertz CT molecular complexity index is 610. The second-order valence-corrected chi connectivity index (χ2v) is 7.03. The van der Waals surface area contributed by atoms with Crippen LogP contribution in [0.25, 0.3) is 0 Å². The average Bonchev–Trinajstić information content (AvgIpc) is 2.68. The molecule has 0 saturated carbocycles. The third-order valence-corrected chi connectivity index (χ3v) is 5.08. The van der Waals surface area contributed by atoms with E-state index in [0.29, 0.717) is 12.5 Å². The van der Waals surface area contributed by atoms with Gasteiger partial charge >= 0.3 is 0 Å². The molecule has 0 radical (unpaired) electrons. The van der Waals surface area contributed by atoms with E-state index in [0.717, 1.165) is 44.3 Å². The maximum atomic E-state index is 13.9. The van der Waals surface area contributed by atoms with Crippen molar-refractivity contribution in [2.45, 2.75) is 19.4 Å². The smallest absolute Gasteiger partial charge is 0.193 e. The van der Waals surface area contributed by atoms with Crippen molar-refractivity contribution in [1.82, 2.24) is 15.1 Å². The molecule has 1 saturated heterocycles. The number of rotatable bonds is 8. The molecule has 8 heteroatoms. The summed E-state index contributed by atoms with van der Waals surface area (Å²) in [6, 6.07) is 5.05. The zero-order valence-corrected chi connectivity index (χ0v) is 19.7. The number of methoxy groups -OCH3 is 2. The molecule has 0 bridgehead atoms. The van der Waals surface area contributed by atoms with E-state index in [-0.39, 0.29) is 35.5 Å². The number of piperidine rings is 1. The van der Waals surface area contributed by atoms with Crippen molar-refractivity contribution in [2.24, 2.45) is 10.9 Å². The molecule has 160 valence electrons. The van der Waals surface area contributed by atoms with Crippen molar-refractivity contribution in [2.75, 3.05) is 61.1 Å². The normalized spacial score (nSPS) is 15.8. The van der Waals surface area contributed by atoms with Gasteiger partial charge in [0.15, 0.2) is 17.5 Å². The first kappa shape index (κ1) is 24.9. The summed E-state index contributed by atoms with van der Waals surface area (Å²) in [7, 11) is 6.96. The van der Waals surface area contributed by atoms with Gasteiger partial charge in [-0.25, -0.2) is 4.39 Å². The number of aliphatic imine (C=N–C) groups is 1. The molecule has 0 amide bonds. The number of halogens is 2. The van der Waals surface area contributed by atoms with Crippen LogP contribution in [0.15, 0.2) is 23.2 Å². The lowest BCUT2D eigenvalue weighted by Gasteiger charge is -2.32. The number of nitrogens with one attached hydrogen (secondary N) is 1. The predicted octanol–water partition coefficient (Wildman–Crippen LogP) is 2.82. The zero-order chi connectivity index (χ0) is 19.6. The van der Waals surface area contributed by atoms with E-state index in [9.17, 15) is 4.39 Å². The van der Waals surface area contributed by atoms with E-state index in [1.165, 1.54) is 26.0 Å². The minimum absolute atomic E-state index is 0. The second-order valence-electron chi connectivity index (χ2n) is 7.03. The standard InChI is InChI=1S/C20H33FN4O2.HI/c1-22-20(23-14-16-7-9-25(10-8-16)11-12-26-3)24(2)15-17-5-6-19(27-4)18(21)13-17;/h5-6,13,16H,7-12,14-15H2,1-4H3,(H,22,23);1H. The molecular weight excluding hydrogens is 474 g/mol. The van der Waals surface area contributed by atoms with Gasteiger partial charge in [-0.15, -0.1) is 24.0 Å². The summed E-state index contributed by atoms with van der Waals surface area (Å²) in [5.74, 6) is 1.40. The van der Waals surface area contributed by atoms with Crippen molar-refractivity contribution >= 4 is 29.9 Å². The molecule has 1 aliphatic heterocycles. The third-order valence-electron chi connectivity index (χ3n) is 5.08. The highest BCUT2D eigenvalue weighted by molar-refractivity contribution is 14.0. The van der Waals surface area contributed by atoms with Crippen LogP contribution in [0.1, 0.15) is 18.4 Å². The monoisotopic (exact) mass is 508 g/mol. The van der Waals surface area contributed by atoms with Crippen LogP contribution in [0.3, 0.4) is 0 Å². The van der Waals surface area contributed by atoms with Crippen LogP contribution in [0.4, 0.5) is 4.39 Å². The van der Waals surface area contributed by atoms with Gasteiger partial charge in [0.05, 0.1) is 13.7 Å². The maximum Gasteiger partial charge on any atom is 0.193 e. The molecule has 1 aromatic carbocycles. The molecular formula is C20H34FIN4O2. The molecule has 6 nitrogen and oxygen atoms in total. The summed E-state index contributed by atoms with van der Waals surface area (Å²) < 4.78 is 24.0. The third kappa shape index (κ3) is 7.71. The van der Waals surface area contributed by atoms with Crippen molar-refractivity contribution in [3.8, 4) is 5.75 Å². The lowest BCUT2D eigenvalue weighted by atomic mass is 9.97. The Kier molecular flexibility index (Phi) is 11.7. The lowest BCUT2D eigenvalue weighted by molar-refractivity contribution is 0.120. The Morgan fingerprint density at radius 2 is 2.04 bits per heavy atom. The van der Waals surface area contributed by atoms with Crippen molar-refractivity contribution < 1.29 is 13.9 Å². The van der Waals surface area contributed by atoms with Crippen LogP contribution >= 0.6 is 24.0 Å². The largest absolute Gasteiger partial charge is 0.494 e. The summed E-state index contributed by atoms with van der Waals surface area (Å²) in [5.41, 5.74) is 0.880. The van der Waals surface area contributed by atoms with Crippen molar-refractivity contribution in [3.63, 3.8) is 0 Å². The number of nitrogens with zero attached hydrogens (tertiary/aromatic N) is 3.